The summed E-state index contributed by atoms with van der Waals surface area (Å²) in [7, 11) is 0. The number of amides is 1. The van der Waals surface area contributed by atoms with E-state index in [9.17, 15) is 4.79 Å². The smallest absolute Gasteiger partial charge is 0.254 e. The first-order valence-corrected chi connectivity index (χ1v) is 9.04. The maximum absolute atomic E-state index is 13.1. The second kappa shape index (κ2) is 7.86. The van der Waals surface area contributed by atoms with Crippen molar-refractivity contribution in [2.75, 3.05) is 6.54 Å². The number of imidazole rings is 2. The minimum Gasteiger partial charge on any atom is -0.347 e. The van der Waals surface area contributed by atoms with Gasteiger partial charge < -0.3 is 14.9 Å². The second-order valence-corrected chi connectivity index (χ2v) is 6.49. The Balaban J connectivity index is 1.50. The molecule has 0 radical (unpaired) electrons. The zero-order chi connectivity index (χ0) is 18.5. The van der Waals surface area contributed by atoms with Gasteiger partial charge in [-0.2, -0.15) is 0 Å². The number of aromatic nitrogens is 4. The van der Waals surface area contributed by atoms with Crippen molar-refractivity contribution in [3.63, 3.8) is 0 Å². The molecule has 0 aliphatic heterocycles. The summed E-state index contributed by atoms with van der Waals surface area (Å²) in [5, 5.41) is 0. The molecule has 1 amide bonds. The molecule has 6 heteroatoms. The zero-order valence-corrected chi connectivity index (χ0v) is 14.9. The van der Waals surface area contributed by atoms with Crippen molar-refractivity contribution in [1.29, 1.82) is 0 Å². The minimum absolute atomic E-state index is 0.00374. The van der Waals surface area contributed by atoms with Crippen LogP contribution in [0.2, 0.25) is 0 Å². The largest absolute Gasteiger partial charge is 0.347 e. The average Bonchev–Trinajstić information content (AvgIpc) is 3.38. The molecule has 0 bridgehead atoms. The van der Waals surface area contributed by atoms with Crippen molar-refractivity contribution in [3.8, 4) is 0 Å². The third-order valence-electron chi connectivity index (χ3n) is 4.59. The lowest BCUT2D eigenvalue weighted by Gasteiger charge is -2.22. The van der Waals surface area contributed by atoms with Crippen LogP contribution in [0.4, 0.5) is 0 Å². The van der Waals surface area contributed by atoms with E-state index in [1.54, 1.807) is 18.7 Å². The molecule has 2 N–H and O–H groups in total. The van der Waals surface area contributed by atoms with Crippen LogP contribution in [0.3, 0.4) is 0 Å². The van der Waals surface area contributed by atoms with Gasteiger partial charge in [0.1, 0.15) is 5.82 Å². The van der Waals surface area contributed by atoms with Crippen molar-refractivity contribution in [2.24, 2.45) is 0 Å². The van der Waals surface area contributed by atoms with Crippen molar-refractivity contribution in [3.05, 3.63) is 84.2 Å². The first kappa shape index (κ1) is 17.0. The fourth-order valence-corrected chi connectivity index (χ4v) is 3.19. The minimum atomic E-state index is -0.00374. The third-order valence-corrected chi connectivity index (χ3v) is 4.59. The van der Waals surface area contributed by atoms with E-state index in [1.807, 2.05) is 41.3 Å². The molecule has 0 spiro atoms. The first-order chi connectivity index (χ1) is 13.3. The summed E-state index contributed by atoms with van der Waals surface area (Å²) in [5.74, 6) is 0.779. The normalized spacial score (nSPS) is 11.0. The van der Waals surface area contributed by atoms with Gasteiger partial charge in [0, 0.05) is 24.5 Å². The summed E-state index contributed by atoms with van der Waals surface area (Å²) >= 11 is 0. The van der Waals surface area contributed by atoms with E-state index < -0.39 is 0 Å². The maximum Gasteiger partial charge on any atom is 0.254 e. The Morgan fingerprint density at radius 3 is 2.74 bits per heavy atom. The van der Waals surface area contributed by atoms with Gasteiger partial charge in [0.05, 0.1) is 23.9 Å². The number of nitrogens with one attached hydrogen (secondary N) is 2. The van der Waals surface area contributed by atoms with E-state index in [1.165, 1.54) is 5.56 Å². The highest BCUT2D eigenvalue weighted by atomic mass is 16.2. The number of carbonyl (C=O) groups excluding carboxylic acids is 1. The number of benzene rings is 2. The summed E-state index contributed by atoms with van der Waals surface area (Å²) in [6, 6.07) is 15.9. The fraction of sp³-hybridized carbons (Fsp3) is 0.190. The summed E-state index contributed by atoms with van der Waals surface area (Å²) in [5.41, 5.74) is 3.65. The Bertz CT molecular complexity index is 1010. The van der Waals surface area contributed by atoms with Gasteiger partial charge in [-0.3, -0.25) is 4.79 Å². The lowest BCUT2D eigenvalue weighted by molar-refractivity contribution is 0.0737. The van der Waals surface area contributed by atoms with Crippen molar-refractivity contribution in [1.82, 2.24) is 24.8 Å². The maximum atomic E-state index is 13.1. The van der Waals surface area contributed by atoms with E-state index in [2.05, 4.69) is 32.1 Å². The van der Waals surface area contributed by atoms with Crippen molar-refractivity contribution >= 4 is 16.9 Å². The monoisotopic (exact) mass is 359 g/mol. The highest BCUT2D eigenvalue weighted by molar-refractivity contribution is 5.97. The van der Waals surface area contributed by atoms with E-state index >= 15 is 0 Å². The molecule has 27 heavy (non-hydrogen) atoms. The Morgan fingerprint density at radius 2 is 1.93 bits per heavy atom. The molecular formula is C21H21N5O. The number of H-pyrrole nitrogens is 2. The molecule has 0 saturated carbocycles. The van der Waals surface area contributed by atoms with E-state index in [-0.39, 0.29) is 5.91 Å². The SMILES string of the molecule is O=C(c1ccc2nc[nH]c2c1)N(CCCc1ccccc1)Cc1ncc[nH]1. The number of rotatable bonds is 7. The summed E-state index contributed by atoms with van der Waals surface area (Å²) in [6.07, 6.45) is 6.95. The number of fused-ring (bicyclic) bond motifs is 1. The van der Waals surface area contributed by atoms with Gasteiger partial charge in [-0.1, -0.05) is 30.3 Å². The molecule has 4 rings (SSSR count). The molecule has 2 aromatic heterocycles. The Labute approximate surface area is 157 Å². The molecule has 136 valence electrons. The number of aryl methyl sites for hydroxylation is 1. The van der Waals surface area contributed by atoms with Crippen LogP contribution in [0.15, 0.2) is 67.3 Å². The third kappa shape index (κ3) is 4.06. The van der Waals surface area contributed by atoms with Gasteiger partial charge in [-0.05, 0) is 36.6 Å². The van der Waals surface area contributed by atoms with Crippen LogP contribution >= 0.6 is 0 Å². The summed E-state index contributed by atoms with van der Waals surface area (Å²) in [6.45, 7) is 1.12. The molecule has 2 heterocycles. The first-order valence-electron chi connectivity index (χ1n) is 9.04. The fourth-order valence-electron chi connectivity index (χ4n) is 3.19. The topological polar surface area (TPSA) is 77.7 Å². The van der Waals surface area contributed by atoms with Gasteiger partial charge in [0.15, 0.2) is 0 Å². The Kier molecular flexibility index (Phi) is 4.96. The van der Waals surface area contributed by atoms with Crippen molar-refractivity contribution in [2.45, 2.75) is 19.4 Å². The van der Waals surface area contributed by atoms with Crippen molar-refractivity contribution < 1.29 is 4.79 Å². The quantitative estimate of drug-likeness (QED) is 0.530. The summed E-state index contributed by atoms with van der Waals surface area (Å²) in [4.78, 5) is 29.6. The van der Waals surface area contributed by atoms with E-state index in [0.29, 0.717) is 18.7 Å². The van der Waals surface area contributed by atoms with Crippen LogP contribution in [-0.4, -0.2) is 37.3 Å². The molecule has 0 atom stereocenters. The second-order valence-electron chi connectivity index (χ2n) is 6.49. The number of hydrogen-bond acceptors (Lipinski definition) is 3. The van der Waals surface area contributed by atoms with Crippen LogP contribution in [-0.2, 0) is 13.0 Å². The molecular weight excluding hydrogens is 338 g/mol. The molecule has 0 aliphatic carbocycles. The van der Waals surface area contributed by atoms with Gasteiger partial charge in [0.2, 0.25) is 0 Å². The molecule has 0 fully saturated rings. The van der Waals surface area contributed by atoms with Crippen LogP contribution in [0.5, 0.6) is 0 Å². The highest BCUT2D eigenvalue weighted by Gasteiger charge is 2.17. The van der Waals surface area contributed by atoms with E-state index in [4.69, 9.17) is 0 Å². The predicted octanol–water partition coefficient (Wildman–Crippen LogP) is 3.56. The Hall–Kier alpha value is -3.41. The molecule has 6 nitrogen and oxygen atoms in total. The van der Waals surface area contributed by atoms with Gasteiger partial charge in [-0.25, -0.2) is 9.97 Å². The lowest BCUT2D eigenvalue weighted by atomic mass is 10.1. The number of hydrogen-bond donors (Lipinski definition) is 2. The van der Waals surface area contributed by atoms with Gasteiger partial charge in [0.25, 0.3) is 5.91 Å². The molecule has 0 saturated heterocycles. The van der Waals surface area contributed by atoms with Crippen LogP contribution in [0.25, 0.3) is 11.0 Å². The number of nitrogens with zero attached hydrogens (tertiary/aromatic N) is 3. The van der Waals surface area contributed by atoms with E-state index in [0.717, 1.165) is 29.7 Å². The van der Waals surface area contributed by atoms with Crippen LogP contribution in [0, 0.1) is 0 Å². The molecule has 0 unspecified atom stereocenters. The van der Waals surface area contributed by atoms with Crippen LogP contribution in [0.1, 0.15) is 28.2 Å². The summed E-state index contributed by atoms with van der Waals surface area (Å²) < 4.78 is 0. The molecule has 4 aromatic rings. The highest BCUT2D eigenvalue weighted by Crippen LogP contribution is 2.15. The Morgan fingerprint density at radius 1 is 1.04 bits per heavy atom. The predicted molar refractivity (Wildman–Crippen MR) is 104 cm³/mol. The number of carbonyl (C=O) groups is 1. The van der Waals surface area contributed by atoms with Gasteiger partial charge >= 0.3 is 0 Å². The van der Waals surface area contributed by atoms with Gasteiger partial charge in [-0.15, -0.1) is 0 Å². The number of aromatic amines is 2. The average molecular weight is 359 g/mol. The van der Waals surface area contributed by atoms with Crippen LogP contribution < -0.4 is 0 Å². The standard InChI is InChI=1S/C21H21N5O/c27-21(17-8-9-18-19(13-17)25-15-24-18)26(14-20-22-10-11-23-20)12-4-7-16-5-2-1-3-6-16/h1-3,5-6,8-11,13,15H,4,7,12,14H2,(H,22,23)(H,24,25). The lowest BCUT2D eigenvalue weighted by Crippen LogP contribution is -2.32. The molecule has 0 aliphatic rings. The molecule has 2 aromatic carbocycles. The zero-order valence-electron chi connectivity index (χ0n) is 14.9.